The molecule has 0 aliphatic heterocycles. The van der Waals surface area contributed by atoms with Gasteiger partial charge in [0.25, 0.3) is 0 Å². The maximum Gasteiger partial charge on any atom is 0.200 e. The molecule has 0 fully saturated rings. The molecule has 1 aromatic heterocycles. The summed E-state index contributed by atoms with van der Waals surface area (Å²) in [5, 5.41) is 0.366. The van der Waals surface area contributed by atoms with E-state index in [4.69, 9.17) is 11.6 Å². The molecule has 0 saturated carbocycles. The quantitative estimate of drug-likeness (QED) is 0.369. The highest BCUT2D eigenvalue weighted by molar-refractivity contribution is 6.31. The number of halogens is 6. The summed E-state index contributed by atoms with van der Waals surface area (Å²) in [7, 11) is 0. The molecule has 0 spiro atoms. The molecule has 0 aliphatic rings. The third kappa shape index (κ3) is 2.18. The molecule has 2 nitrogen and oxygen atoms in total. The highest BCUT2D eigenvalue weighted by Gasteiger charge is 2.27. The van der Waals surface area contributed by atoms with Gasteiger partial charge < -0.3 is 0 Å². The Hall–Kier alpha value is -2.28. The zero-order chi connectivity index (χ0) is 16.0. The van der Waals surface area contributed by atoms with Gasteiger partial charge in [0.15, 0.2) is 23.3 Å². The first kappa shape index (κ1) is 14.6. The number of fused-ring (bicyclic) bond motifs is 1. The second-order valence-electron chi connectivity index (χ2n) is 4.33. The fourth-order valence-electron chi connectivity index (χ4n) is 1.93. The van der Waals surface area contributed by atoms with Crippen LogP contribution >= 0.6 is 11.6 Å². The van der Waals surface area contributed by atoms with Gasteiger partial charge in [0.2, 0.25) is 5.82 Å². The molecule has 0 amide bonds. The van der Waals surface area contributed by atoms with Crippen molar-refractivity contribution in [2.75, 3.05) is 0 Å². The fourth-order valence-corrected chi connectivity index (χ4v) is 2.10. The minimum absolute atomic E-state index is 0.200. The highest BCUT2D eigenvalue weighted by Crippen LogP contribution is 2.31. The van der Waals surface area contributed by atoms with Crippen LogP contribution in [0.15, 0.2) is 24.4 Å². The van der Waals surface area contributed by atoms with Gasteiger partial charge >= 0.3 is 0 Å². The van der Waals surface area contributed by atoms with Crippen molar-refractivity contribution < 1.29 is 22.0 Å². The molecule has 22 heavy (non-hydrogen) atoms. The molecule has 0 saturated heterocycles. The van der Waals surface area contributed by atoms with Crippen LogP contribution in [0.1, 0.15) is 0 Å². The van der Waals surface area contributed by atoms with E-state index < -0.39 is 40.3 Å². The second kappa shape index (κ2) is 5.17. The molecular formula is C14H4ClF5N2. The fraction of sp³-hybridized carbons (Fsp3) is 0. The topological polar surface area (TPSA) is 25.8 Å². The van der Waals surface area contributed by atoms with E-state index in [0.717, 1.165) is 6.20 Å². The van der Waals surface area contributed by atoms with Crippen LogP contribution in [0.3, 0.4) is 0 Å². The second-order valence-corrected chi connectivity index (χ2v) is 4.77. The average molecular weight is 331 g/mol. The molecule has 8 heteroatoms. The first-order valence-electron chi connectivity index (χ1n) is 5.84. The predicted octanol–water partition coefficient (Wildman–Crippen LogP) is 4.65. The normalized spacial score (nSPS) is 11.2. The average Bonchev–Trinajstić information content (AvgIpc) is 2.51. The molecular weight excluding hydrogens is 327 g/mol. The third-order valence-electron chi connectivity index (χ3n) is 2.97. The van der Waals surface area contributed by atoms with Gasteiger partial charge in [0, 0.05) is 5.02 Å². The molecule has 0 N–H and O–H groups in total. The number of rotatable bonds is 1. The summed E-state index contributed by atoms with van der Waals surface area (Å²) in [6, 6.07) is 4.33. The van der Waals surface area contributed by atoms with Crippen LogP contribution in [0.5, 0.6) is 0 Å². The summed E-state index contributed by atoms with van der Waals surface area (Å²) < 4.78 is 67.0. The van der Waals surface area contributed by atoms with Crippen molar-refractivity contribution in [3.05, 3.63) is 58.5 Å². The Labute approximate surface area is 125 Å². The molecule has 0 unspecified atom stereocenters. The molecule has 0 bridgehead atoms. The van der Waals surface area contributed by atoms with E-state index in [2.05, 4.69) is 9.97 Å². The van der Waals surface area contributed by atoms with Crippen LogP contribution < -0.4 is 0 Å². The molecule has 2 aromatic carbocycles. The predicted molar refractivity (Wildman–Crippen MR) is 69.8 cm³/mol. The summed E-state index contributed by atoms with van der Waals surface area (Å²) in [6.07, 6.45) is 0.914. The Morgan fingerprint density at radius 3 is 2.00 bits per heavy atom. The molecule has 0 aliphatic carbocycles. The lowest BCUT2D eigenvalue weighted by Gasteiger charge is -2.08. The Morgan fingerprint density at radius 2 is 1.36 bits per heavy atom. The van der Waals surface area contributed by atoms with Crippen molar-refractivity contribution in [2.45, 2.75) is 0 Å². The van der Waals surface area contributed by atoms with Crippen LogP contribution in [-0.2, 0) is 0 Å². The zero-order valence-corrected chi connectivity index (χ0v) is 11.2. The molecule has 3 aromatic rings. The minimum atomic E-state index is -2.22. The van der Waals surface area contributed by atoms with Crippen molar-refractivity contribution in [3.8, 4) is 11.3 Å². The number of aromatic nitrogens is 2. The maximum absolute atomic E-state index is 13.7. The van der Waals surface area contributed by atoms with Gasteiger partial charge in [0.05, 0.1) is 28.5 Å². The smallest absolute Gasteiger partial charge is 0.200 e. The van der Waals surface area contributed by atoms with Crippen LogP contribution in [0, 0.1) is 29.1 Å². The van der Waals surface area contributed by atoms with Crippen molar-refractivity contribution in [3.63, 3.8) is 0 Å². The van der Waals surface area contributed by atoms with E-state index in [1.165, 1.54) is 18.2 Å². The summed E-state index contributed by atoms with van der Waals surface area (Å²) >= 11 is 5.76. The lowest BCUT2D eigenvalue weighted by atomic mass is 10.1. The van der Waals surface area contributed by atoms with Crippen molar-refractivity contribution in [1.82, 2.24) is 9.97 Å². The van der Waals surface area contributed by atoms with Crippen LogP contribution in [0.2, 0.25) is 5.02 Å². The molecule has 112 valence electrons. The molecule has 0 radical (unpaired) electrons. The van der Waals surface area contributed by atoms with Gasteiger partial charge in [-0.1, -0.05) is 11.6 Å². The van der Waals surface area contributed by atoms with Crippen molar-refractivity contribution in [2.24, 2.45) is 0 Å². The monoisotopic (exact) mass is 330 g/mol. The van der Waals surface area contributed by atoms with Crippen molar-refractivity contribution in [1.29, 1.82) is 0 Å². The van der Waals surface area contributed by atoms with E-state index in [-0.39, 0.29) is 5.52 Å². The van der Waals surface area contributed by atoms with Gasteiger partial charge in [-0.15, -0.1) is 0 Å². The van der Waals surface area contributed by atoms with Crippen molar-refractivity contribution >= 4 is 22.6 Å². The van der Waals surface area contributed by atoms with Gasteiger partial charge in [-0.3, -0.25) is 4.98 Å². The zero-order valence-electron chi connectivity index (χ0n) is 10.5. The number of nitrogens with zero attached hydrogens (tertiary/aromatic N) is 2. The summed E-state index contributed by atoms with van der Waals surface area (Å²) in [6.45, 7) is 0. The summed E-state index contributed by atoms with van der Waals surface area (Å²) in [4.78, 5) is 7.73. The lowest BCUT2D eigenvalue weighted by Crippen LogP contribution is -2.05. The number of hydrogen-bond acceptors (Lipinski definition) is 2. The molecule has 0 atom stereocenters. The minimum Gasteiger partial charge on any atom is -0.252 e. The van der Waals surface area contributed by atoms with Crippen LogP contribution in [-0.4, -0.2) is 9.97 Å². The molecule has 3 rings (SSSR count). The lowest BCUT2D eigenvalue weighted by molar-refractivity contribution is 0.381. The van der Waals surface area contributed by atoms with E-state index >= 15 is 0 Å². The van der Waals surface area contributed by atoms with Gasteiger partial charge in [-0.05, 0) is 18.2 Å². The van der Waals surface area contributed by atoms with Crippen LogP contribution in [0.25, 0.3) is 22.3 Å². The van der Waals surface area contributed by atoms with Gasteiger partial charge in [-0.2, -0.15) is 0 Å². The van der Waals surface area contributed by atoms with Gasteiger partial charge in [0.1, 0.15) is 0 Å². The molecule has 1 heterocycles. The first-order valence-corrected chi connectivity index (χ1v) is 6.22. The van der Waals surface area contributed by atoms with E-state index in [9.17, 15) is 22.0 Å². The summed E-state index contributed by atoms with van der Waals surface area (Å²) in [5.41, 5.74) is -1.07. The largest absolute Gasteiger partial charge is 0.252 e. The number of hydrogen-bond donors (Lipinski definition) is 0. The standard InChI is InChI=1S/C14H4ClF5N2/c15-5-1-2-6-7(3-5)21-4-8(22-6)9-10(16)12(18)14(20)13(19)11(9)17/h1-4H. The Kier molecular flexibility index (Phi) is 3.44. The first-order chi connectivity index (χ1) is 10.4. The maximum atomic E-state index is 13.7. The van der Waals surface area contributed by atoms with E-state index in [1.54, 1.807) is 0 Å². The van der Waals surface area contributed by atoms with E-state index in [1.807, 2.05) is 0 Å². The number of benzene rings is 2. The van der Waals surface area contributed by atoms with Crippen LogP contribution in [0.4, 0.5) is 22.0 Å². The Bertz CT molecular complexity index is 884. The summed E-state index contributed by atoms with van der Waals surface area (Å²) in [5.74, 6) is -10.2. The SMILES string of the molecule is Fc1c(F)c(F)c(-c2cnc3cc(Cl)ccc3n2)c(F)c1F. The Morgan fingerprint density at radius 1 is 0.773 bits per heavy atom. The van der Waals surface area contributed by atoms with E-state index in [0.29, 0.717) is 10.5 Å². The van der Waals surface area contributed by atoms with Gasteiger partial charge in [-0.25, -0.2) is 26.9 Å². The Balaban J connectivity index is 2.30. The third-order valence-corrected chi connectivity index (χ3v) is 3.21. The highest BCUT2D eigenvalue weighted by atomic mass is 35.5.